The van der Waals surface area contributed by atoms with Crippen LogP contribution in [0, 0.1) is 0 Å². The lowest BCUT2D eigenvalue weighted by molar-refractivity contribution is 0.400. The largest absolute Gasteiger partial charge is 0.311 e. The Morgan fingerprint density at radius 3 is 2.22 bits per heavy atom. The average molecular weight is 390 g/mol. The molecule has 2 aromatic rings. The summed E-state index contributed by atoms with van der Waals surface area (Å²) in [4.78, 5) is 4.07. The van der Waals surface area contributed by atoms with E-state index in [1.165, 1.54) is 5.56 Å². The van der Waals surface area contributed by atoms with Crippen molar-refractivity contribution in [3.05, 3.63) is 57.0 Å². The zero-order chi connectivity index (χ0) is 16.8. The lowest BCUT2D eigenvalue weighted by Crippen LogP contribution is -2.26. The molecule has 0 heterocycles. The number of hydrogen-bond donors (Lipinski definition) is 1. The molecule has 6 heteroatoms. The van der Waals surface area contributed by atoms with Crippen molar-refractivity contribution in [2.24, 2.45) is 0 Å². The van der Waals surface area contributed by atoms with E-state index >= 15 is 0 Å². The van der Waals surface area contributed by atoms with Gasteiger partial charge in [0.2, 0.25) is 0 Å². The number of nitrogens with one attached hydrogen (secondary N) is 1. The minimum absolute atomic E-state index is 0.629. The van der Waals surface area contributed by atoms with Gasteiger partial charge in [-0.05, 0) is 50.0 Å². The molecule has 0 unspecified atom stereocenters. The average Bonchev–Trinajstić information content (AvgIpc) is 2.48. The zero-order valence-electron chi connectivity index (χ0n) is 13.1. The molecule has 0 saturated heterocycles. The topological polar surface area (TPSA) is 15.3 Å². The Morgan fingerprint density at radius 2 is 1.61 bits per heavy atom. The normalized spacial score (nSPS) is 11.2. The highest BCUT2D eigenvalue weighted by atomic mass is 35.5. The Labute approximate surface area is 157 Å². The maximum Gasteiger partial charge on any atom is 0.0560 e. The summed E-state index contributed by atoms with van der Waals surface area (Å²) in [6.07, 6.45) is 0. The van der Waals surface area contributed by atoms with Crippen LogP contribution in [0.2, 0.25) is 15.1 Å². The van der Waals surface area contributed by atoms with E-state index in [4.69, 9.17) is 34.8 Å². The molecule has 0 bridgehead atoms. The molecule has 0 fully saturated rings. The van der Waals surface area contributed by atoms with Crippen LogP contribution in [0.3, 0.4) is 0 Å². The quantitative estimate of drug-likeness (QED) is 0.634. The van der Waals surface area contributed by atoms with E-state index in [0.717, 1.165) is 34.4 Å². The Balaban J connectivity index is 1.99. The fourth-order valence-electron chi connectivity index (χ4n) is 1.95. The third-order valence-corrected chi connectivity index (χ3v) is 5.41. The van der Waals surface area contributed by atoms with E-state index in [0.29, 0.717) is 10.0 Å². The number of halogens is 3. The van der Waals surface area contributed by atoms with Crippen molar-refractivity contribution in [1.29, 1.82) is 0 Å². The second-order valence-electron chi connectivity index (χ2n) is 5.42. The molecule has 0 saturated carbocycles. The molecule has 2 rings (SSSR count). The molecule has 0 atom stereocenters. The molecule has 2 nitrogen and oxygen atoms in total. The van der Waals surface area contributed by atoms with Gasteiger partial charge >= 0.3 is 0 Å². The fraction of sp³-hybridized carbons (Fsp3) is 0.294. The highest BCUT2D eigenvalue weighted by molar-refractivity contribution is 7.99. The summed E-state index contributed by atoms with van der Waals surface area (Å²) >= 11 is 20.1. The van der Waals surface area contributed by atoms with Gasteiger partial charge in [-0.2, -0.15) is 0 Å². The van der Waals surface area contributed by atoms with Crippen LogP contribution in [0.15, 0.2) is 46.2 Å². The monoisotopic (exact) mass is 388 g/mol. The summed E-state index contributed by atoms with van der Waals surface area (Å²) in [6, 6.07) is 11.6. The number of hydrogen-bond acceptors (Lipinski definition) is 3. The van der Waals surface area contributed by atoms with Crippen LogP contribution < -0.4 is 5.32 Å². The van der Waals surface area contributed by atoms with E-state index in [2.05, 4.69) is 30.4 Å². The van der Waals surface area contributed by atoms with Crippen molar-refractivity contribution in [3.8, 4) is 0 Å². The van der Waals surface area contributed by atoms with Gasteiger partial charge in [-0.3, -0.25) is 0 Å². The van der Waals surface area contributed by atoms with Gasteiger partial charge in [0.25, 0.3) is 0 Å². The van der Waals surface area contributed by atoms with Crippen molar-refractivity contribution in [2.45, 2.75) is 16.3 Å². The Kier molecular flexibility index (Phi) is 7.54. The van der Waals surface area contributed by atoms with Crippen molar-refractivity contribution >= 4 is 46.6 Å². The van der Waals surface area contributed by atoms with Crippen LogP contribution in [0.5, 0.6) is 0 Å². The van der Waals surface area contributed by atoms with Gasteiger partial charge in [0.15, 0.2) is 0 Å². The highest BCUT2D eigenvalue weighted by Crippen LogP contribution is 2.38. The molecule has 2 aromatic carbocycles. The molecule has 0 aliphatic carbocycles. The minimum Gasteiger partial charge on any atom is -0.311 e. The lowest BCUT2D eigenvalue weighted by atomic mass is 10.2. The van der Waals surface area contributed by atoms with E-state index < -0.39 is 0 Å². The summed E-state index contributed by atoms with van der Waals surface area (Å²) < 4.78 is 0. The fourth-order valence-corrected chi connectivity index (χ4v) is 3.61. The zero-order valence-corrected chi connectivity index (χ0v) is 16.2. The van der Waals surface area contributed by atoms with Crippen molar-refractivity contribution in [3.63, 3.8) is 0 Å². The van der Waals surface area contributed by atoms with Crippen LogP contribution >= 0.6 is 46.6 Å². The lowest BCUT2D eigenvalue weighted by Gasteiger charge is -2.11. The Hall–Kier alpha value is -0.420. The number of nitrogens with zero attached hydrogens (tertiary/aromatic N) is 1. The van der Waals surface area contributed by atoms with E-state index in [1.54, 1.807) is 17.8 Å². The molecule has 0 radical (unpaired) electrons. The molecule has 0 aliphatic rings. The van der Waals surface area contributed by atoms with E-state index in [-0.39, 0.29) is 0 Å². The smallest absolute Gasteiger partial charge is 0.0560 e. The number of likely N-dealkylation sites (N-methyl/N-ethyl adjacent to an activating group) is 1. The first kappa shape index (κ1) is 18.9. The second-order valence-corrected chi connectivity index (χ2v) is 7.76. The minimum atomic E-state index is 0.629. The first-order valence-electron chi connectivity index (χ1n) is 7.22. The standard InChI is InChI=1S/C17H19Cl3N2S/c1-22(2)8-7-21-11-12-3-5-16(14(19)9-12)23-17-6-4-13(18)10-15(17)20/h3-6,9-10,21H,7-8,11H2,1-2H3. The SMILES string of the molecule is CN(C)CCNCc1ccc(Sc2ccc(Cl)cc2Cl)c(Cl)c1. The molecule has 0 aliphatic heterocycles. The molecular formula is C17H19Cl3N2S. The van der Waals surface area contributed by atoms with Crippen molar-refractivity contribution in [1.82, 2.24) is 10.2 Å². The van der Waals surface area contributed by atoms with E-state index in [1.807, 2.05) is 24.3 Å². The molecule has 23 heavy (non-hydrogen) atoms. The van der Waals surface area contributed by atoms with Gasteiger partial charge in [0.1, 0.15) is 0 Å². The van der Waals surface area contributed by atoms with Gasteiger partial charge in [0, 0.05) is 34.4 Å². The summed E-state index contributed by atoms with van der Waals surface area (Å²) in [6.45, 7) is 2.76. The number of benzene rings is 2. The van der Waals surface area contributed by atoms with Crippen molar-refractivity contribution in [2.75, 3.05) is 27.2 Å². The second kappa shape index (κ2) is 9.16. The molecule has 124 valence electrons. The van der Waals surface area contributed by atoms with Gasteiger partial charge in [-0.1, -0.05) is 52.6 Å². The Morgan fingerprint density at radius 1 is 0.957 bits per heavy atom. The first-order valence-corrected chi connectivity index (χ1v) is 9.17. The summed E-state index contributed by atoms with van der Waals surface area (Å²) in [5.74, 6) is 0. The summed E-state index contributed by atoms with van der Waals surface area (Å²) in [7, 11) is 4.12. The third kappa shape index (κ3) is 6.18. The van der Waals surface area contributed by atoms with Crippen LogP contribution in [-0.4, -0.2) is 32.1 Å². The summed E-state index contributed by atoms with van der Waals surface area (Å²) in [5, 5.41) is 5.39. The molecule has 0 spiro atoms. The predicted molar refractivity (Wildman–Crippen MR) is 102 cm³/mol. The molecular weight excluding hydrogens is 371 g/mol. The summed E-state index contributed by atoms with van der Waals surface area (Å²) in [5.41, 5.74) is 1.17. The maximum atomic E-state index is 6.40. The van der Waals surface area contributed by atoms with Gasteiger partial charge in [-0.25, -0.2) is 0 Å². The molecule has 0 amide bonds. The van der Waals surface area contributed by atoms with Gasteiger partial charge < -0.3 is 10.2 Å². The first-order chi connectivity index (χ1) is 11.0. The van der Waals surface area contributed by atoms with Crippen LogP contribution in [-0.2, 0) is 6.54 Å². The van der Waals surface area contributed by atoms with Crippen molar-refractivity contribution < 1.29 is 0 Å². The third-order valence-electron chi connectivity index (χ3n) is 3.18. The highest BCUT2D eigenvalue weighted by Gasteiger charge is 2.08. The van der Waals surface area contributed by atoms with E-state index in [9.17, 15) is 0 Å². The molecule has 0 aromatic heterocycles. The maximum absolute atomic E-state index is 6.40. The molecule has 1 N–H and O–H groups in total. The van der Waals surface area contributed by atoms with Gasteiger partial charge in [0.05, 0.1) is 10.0 Å². The van der Waals surface area contributed by atoms with Crippen LogP contribution in [0.1, 0.15) is 5.56 Å². The predicted octanol–water partition coefficient (Wildman–Crippen LogP) is 5.45. The number of rotatable bonds is 7. The van der Waals surface area contributed by atoms with Crippen LogP contribution in [0.25, 0.3) is 0 Å². The van der Waals surface area contributed by atoms with Crippen LogP contribution in [0.4, 0.5) is 0 Å². The Bertz CT molecular complexity index is 662. The van der Waals surface area contributed by atoms with Gasteiger partial charge in [-0.15, -0.1) is 0 Å².